The van der Waals surface area contributed by atoms with Gasteiger partial charge in [-0.3, -0.25) is 4.90 Å². The van der Waals surface area contributed by atoms with Gasteiger partial charge in [0, 0.05) is 56.4 Å². The van der Waals surface area contributed by atoms with Crippen LogP contribution in [0, 0.1) is 5.92 Å². The molecule has 2 fully saturated rings. The summed E-state index contributed by atoms with van der Waals surface area (Å²) in [5, 5.41) is 4.97. The molecule has 1 N–H and O–H groups in total. The summed E-state index contributed by atoms with van der Waals surface area (Å²) in [4.78, 5) is 2.74. The summed E-state index contributed by atoms with van der Waals surface area (Å²) in [6.07, 6.45) is 8.03. The Hall–Kier alpha value is -1.32. The molecule has 1 atom stereocenters. The monoisotopic (exact) mass is 297 g/mol. The highest BCUT2D eigenvalue weighted by Crippen LogP contribution is 2.42. The number of nitrogens with one attached hydrogen (secondary N) is 1. The van der Waals surface area contributed by atoms with Crippen LogP contribution in [-0.4, -0.2) is 35.6 Å². The Labute approximate surface area is 133 Å². The predicted octanol–water partition coefficient (Wildman–Crippen LogP) is 3.31. The second-order valence-electron chi connectivity index (χ2n) is 6.99. The smallest absolute Gasteiger partial charge is 0.0481 e. The molecule has 4 rings (SSSR count). The Morgan fingerprint density at radius 1 is 1.09 bits per heavy atom. The third-order valence-corrected chi connectivity index (χ3v) is 5.64. The number of piperazine rings is 1. The van der Waals surface area contributed by atoms with Gasteiger partial charge in [0.25, 0.3) is 0 Å². The SMILES string of the molecule is Cn1cc([C@@H](C2CCCC2)N2CCNCC2)c2ccccc21. The largest absolute Gasteiger partial charge is 0.350 e. The fourth-order valence-corrected chi connectivity index (χ4v) is 4.59. The van der Waals surface area contributed by atoms with Crippen molar-refractivity contribution in [1.82, 2.24) is 14.8 Å². The number of nitrogens with zero attached hydrogens (tertiary/aromatic N) is 2. The number of para-hydroxylation sites is 1. The van der Waals surface area contributed by atoms with E-state index in [1.54, 1.807) is 5.56 Å². The first-order valence-corrected chi connectivity index (χ1v) is 8.83. The molecule has 0 bridgehead atoms. The lowest BCUT2D eigenvalue weighted by Gasteiger charge is -2.38. The van der Waals surface area contributed by atoms with Crippen LogP contribution in [0.5, 0.6) is 0 Å². The van der Waals surface area contributed by atoms with E-state index in [2.05, 4.69) is 52.3 Å². The number of hydrogen-bond acceptors (Lipinski definition) is 2. The zero-order valence-corrected chi connectivity index (χ0v) is 13.6. The Morgan fingerprint density at radius 2 is 1.82 bits per heavy atom. The van der Waals surface area contributed by atoms with Crippen molar-refractivity contribution in [2.24, 2.45) is 13.0 Å². The number of fused-ring (bicyclic) bond motifs is 1. The second-order valence-corrected chi connectivity index (χ2v) is 6.99. The molecule has 0 radical (unpaired) electrons. The molecule has 0 amide bonds. The molecule has 1 saturated carbocycles. The van der Waals surface area contributed by atoms with Crippen molar-refractivity contribution >= 4 is 10.9 Å². The van der Waals surface area contributed by atoms with E-state index in [1.807, 2.05) is 0 Å². The van der Waals surface area contributed by atoms with Crippen LogP contribution >= 0.6 is 0 Å². The highest BCUT2D eigenvalue weighted by Gasteiger charge is 2.33. The average Bonchev–Trinajstić information content (AvgIpc) is 3.19. The molecule has 3 nitrogen and oxygen atoms in total. The van der Waals surface area contributed by atoms with E-state index in [0.29, 0.717) is 6.04 Å². The number of rotatable bonds is 3. The Balaban J connectivity index is 1.77. The van der Waals surface area contributed by atoms with Gasteiger partial charge in [-0.1, -0.05) is 31.0 Å². The van der Waals surface area contributed by atoms with Crippen LogP contribution in [0.2, 0.25) is 0 Å². The molecule has 1 aromatic carbocycles. The van der Waals surface area contributed by atoms with Crippen LogP contribution in [0.3, 0.4) is 0 Å². The van der Waals surface area contributed by atoms with Crippen LogP contribution < -0.4 is 5.32 Å². The summed E-state index contributed by atoms with van der Waals surface area (Å²) < 4.78 is 2.31. The van der Waals surface area contributed by atoms with Crippen LogP contribution in [-0.2, 0) is 7.05 Å². The lowest BCUT2D eigenvalue weighted by atomic mass is 9.89. The van der Waals surface area contributed by atoms with Crippen LogP contribution in [0.25, 0.3) is 10.9 Å². The Morgan fingerprint density at radius 3 is 2.59 bits per heavy atom. The quantitative estimate of drug-likeness (QED) is 0.938. The number of aryl methyl sites for hydroxylation is 1. The number of benzene rings is 1. The lowest BCUT2D eigenvalue weighted by Crippen LogP contribution is -2.46. The molecule has 1 aliphatic carbocycles. The number of aromatic nitrogens is 1. The summed E-state index contributed by atoms with van der Waals surface area (Å²) in [6.45, 7) is 4.64. The third-order valence-electron chi connectivity index (χ3n) is 5.64. The van der Waals surface area contributed by atoms with E-state index >= 15 is 0 Å². The van der Waals surface area contributed by atoms with E-state index in [9.17, 15) is 0 Å². The van der Waals surface area contributed by atoms with Gasteiger partial charge in [0.05, 0.1) is 0 Å². The molecule has 2 aromatic rings. The highest BCUT2D eigenvalue weighted by atomic mass is 15.2. The van der Waals surface area contributed by atoms with E-state index in [0.717, 1.165) is 19.0 Å². The average molecular weight is 297 g/mol. The molecule has 1 saturated heterocycles. The molecule has 0 spiro atoms. The van der Waals surface area contributed by atoms with E-state index < -0.39 is 0 Å². The van der Waals surface area contributed by atoms with Gasteiger partial charge in [-0.15, -0.1) is 0 Å². The van der Waals surface area contributed by atoms with Gasteiger partial charge in [0.2, 0.25) is 0 Å². The zero-order chi connectivity index (χ0) is 14.9. The standard InChI is InChI=1S/C19H27N3/c1-21-14-17(16-8-4-5-9-18(16)21)19(15-6-2-3-7-15)22-12-10-20-11-13-22/h4-5,8-9,14-15,19-20H,2-3,6-7,10-13H2,1H3/t19-/m1/s1. The summed E-state index contributed by atoms with van der Waals surface area (Å²) in [7, 11) is 2.19. The summed E-state index contributed by atoms with van der Waals surface area (Å²) in [5.41, 5.74) is 2.93. The first kappa shape index (κ1) is 14.3. The maximum atomic E-state index is 3.51. The normalized spacial score (nSPS) is 22.4. The van der Waals surface area contributed by atoms with Gasteiger partial charge in [0.15, 0.2) is 0 Å². The fraction of sp³-hybridized carbons (Fsp3) is 0.579. The van der Waals surface area contributed by atoms with Crippen LogP contribution in [0.1, 0.15) is 37.3 Å². The van der Waals surface area contributed by atoms with E-state index in [4.69, 9.17) is 0 Å². The maximum Gasteiger partial charge on any atom is 0.0481 e. The second kappa shape index (κ2) is 6.05. The molecule has 2 heterocycles. The van der Waals surface area contributed by atoms with Gasteiger partial charge in [0.1, 0.15) is 0 Å². The van der Waals surface area contributed by atoms with Crippen molar-refractivity contribution < 1.29 is 0 Å². The predicted molar refractivity (Wildman–Crippen MR) is 92.1 cm³/mol. The van der Waals surface area contributed by atoms with Crippen molar-refractivity contribution in [1.29, 1.82) is 0 Å². The molecule has 2 aliphatic rings. The molecule has 0 unspecified atom stereocenters. The summed E-state index contributed by atoms with van der Waals surface area (Å²) in [5.74, 6) is 0.837. The topological polar surface area (TPSA) is 20.2 Å². The van der Waals surface area contributed by atoms with Gasteiger partial charge in [-0.25, -0.2) is 0 Å². The van der Waals surface area contributed by atoms with Crippen molar-refractivity contribution in [3.8, 4) is 0 Å². The van der Waals surface area contributed by atoms with Crippen molar-refractivity contribution in [3.63, 3.8) is 0 Å². The maximum absolute atomic E-state index is 3.51. The molecular weight excluding hydrogens is 270 g/mol. The lowest BCUT2D eigenvalue weighted by molar-refractivity contribution is 0.126. The molecule has 1 aliphatic heterocycles. The number of hydrogen-bond donors (Lipinski definition) is 1. The highest BCUT2D eigenvalue weighted by molar-refractivity contribution is 5.84. The van der Waals surface area contributed by atoms with Gasteiger partial charge in [-0.05, 0) is 30.4 Å². The Kier molecular flexibility index (Phi) is 3.93. The molecular formula is C19H27N3. The molecule has 22 heavy (non-hydrogen) atoms. The molecule has 1 aromatic heterocycles. The van der Waals surface area contributed by atoms with E-state index in [-0.39, 0.29) is 0 Å². The van der Waals surface area contributed by atoms with Crippen LogP contribution in [0.4, 0.5) is 0 Å². The molecule has 3 heteroatoms. The Bertz CT molecular complexity index is 633. The van der Waals surface area contributed by atoms with Gasteiger partial charge >= 0.3 is 0 Å². The van der Waals surface area contributed by atoms with Crippen molar-refractivity contribution in [2.45, 2.75) is 31.7 Å². The van der Waals surface area contributed by atoms with Gasteiger partial charge < -0.3 is 9.88 Å². The first-order chi connectivity index (χ1) is 10.8. The summed E-state index contributed by atoms with van der Waals surface area (Å²) in [6, 6.07) is 9.52. The fourth-order valence-electron chi connectivity index (χ4n) is 4.59. The minimum atomic E-state index is 0.607. The van der Waals surface area contributed by atoms with Gasteiger partial charge in [-0.2, -0.15) is 0 Å². The van der Waals surface area contributed by atoms with Crippen LogP contribution in [0.15, 0.2) is 30.5 Å². The first-order valence-electron chi connectivity index (χ1n) is 8.83. The minimum absolute atomic E-state index is 0.607. The summed E-state index contributed by atoms with van der Waals surface area (Å²) >= 11 is 0. The zero-order valence-electron chi connectivity index (χ0n) is 13.6. The molecule has 118 valence electrons. The third kappa shape index (κ3) is 2.46. The van der Waals surface area contributed by atoms with E-state index in [1.165, 1.54) is 49.7 Å². The minimum Gasteiger partial charge on any atom is -0.350 e. The van der Waals surface area contributed by atoms with Crippen molar-refractivity contribution in [3.05, 3.63) is 36.0 Å². The van der Waals surface area contributed by atoms with Crippen molar-refractivity contribution in [2.75, 3.05) is 26.2 Å².